The summed E-state index contributed by atoms with van der Waals surface area (Å²) in [4.78, 5) is 9.28. The van der Waals surface area contributed by atoms with Crippen LogP contribution in [0.2, 0.25) is 0 Å². The molecule has 8 heteroatoms. The Morgan fingerprint density at radius 1 is 1.18 bits per heavy atom. The molecule has 0 bridgehead atoms. The fourth-order valence-corrected chi connectivity index (χ4v) is 4.05. The molecule has 0 fully saturated rings. The molecular formula is C20H25IN4OS2. The van der Waals surface area contributed by atoms with Gasteiger partial charge < -0.3 is 15.7 Å². The summed E-state index contributed by atoms with van der Waals surface area (Å²) in [5.41, 5.74) is 2.05. The maximum Gasteiger partial charge on any atom is 0.191 e. The summed E-state index contributed by atoms with van der Waals surface area (Å²) in [5, 5.41) is 24.0. The maximum atomic E-state index is 10.7. The fraction of sp³-hybridized carbons (Fsp3) is 0.300. The Kier molecular flexibility index (Phi) is 8.87. The molecule has 0 spiro atoms. The number of thiophene rings is 1. The van der Waals surface area contributed by atoms with Crippen molar-refractivity contribution in [1.29, 1.82) is 0 Å². The van der Waals surface area contributed by atoms with Crippen LogP contribution in [0.1, 0.15) is 24.4 Å². The third-order valence-corrected chi connectivity index (χ3v) is 5.60. The SMILES string of the molecule is CCNC(=NCc1nc(-c2ccccc2)cs1)NCC(C)(O)c1ccsc1.I. The Labute approximate surface area is 191 Å². The molecule has 0 aliphatic carbocycles. The number of aromatic nitrogens is 1. The Balaban J connectivity index is 0.00000280. The number of nitrogens with zero attached hydrogens (tertiary/aromatic N) is 2. The van der Waals surface area contributed by atoms with Crippen LogP contribution in [0.3, 0.4) is 0 Å². The predicted octanol–water partition coefficient (Wildman–Crippen LogP) is 4.45. The minimum absolute atomic E-state index is 0. The van der Waals surface area contributed by atoms with Gasteiger partial charge in [-0.2, -0.15) is 11.3 Å². The maximum absolute atomic E-state index is 10.7. The Hall–Kier alpha value is -1.49. The predicted molar refractivity (Wildman–Crippen MR) is 130 cm³/mol. The zero-order valence-electron chi connectivity index (χ0n) is 15.9. The first kappa shape index (κ1) is 22.8. The van der Waals surface area contributed by atoms with Crippen molar-refractivity contribution in [1.82, 2.24) is 15.6 Å². The number of halogens is 1. The number of rotatable bonds is 7. The summed E-state index contributed by atoms with van der Waals surface area (Å²) >= 11 is 3.18. The Morgan fingerprint density at radius 2 is 1.96 bits per heavy atom. The number of thiazole rings is 1. The van der Waals surface area contributed by atoms with Crippen molar-refractivity contribution < 1.29 is 5.11 Å². The molecule has 5 nitrogen and oxygen atoms in total. The molecule has 2 aromatic heterocycles. The van der Waals surface area contributed by atoms with Gasteiger partial charge in [0.15, 0.2) is 5.96 Å². The lowest BCUT2D eigenvalue weighted by atomic mass is 9.99. The number of aliphatic hydroxyl groups is 1. The molecule has 150 valence electrons. The lowest BCUT2D eigenvalue weighted by Crippen LogP contribution is -2.44. The zero-order chi connectivity index (χ0) is 19.1. The van der Waals surface area contributed by atoms with Gasteiger partial charge in [-0.25, -0.2) is 9.98 Å². The second-order valence-corrected chi connectivity index (χ2v) is 8.05. The topological polar surface area (TPSA) is 69.5 Å². The third kappa shape index (κ3) is 6.26. The summed E-state index contributed by atoms with van der Waals surface area (Å²) in [6.45, 7) is 5.44. The minimum atomic E-state index is -0.947. The van der Waals surface area contributed by atoms with Gasteiger partial charge >= 0.3 is 0 Å². The van der Waals surface area contributed by atoms with Gasteiger partial charge in [0.2, 0.25) is 0 Å². The van der Waals surface area contributed by atoms with E-state index < -0.39 is 5.60 Å². The van der Waals surface area contributed by atoms with Gasteiger partial charge in [0.1, 0.15) is 10.6 Å². The number of hydrogen-bond donors (Lipinski definition) is 3. The lowest BCUT2D eigenvalue weighted by Gasteiger charge is -2.24. The summed E-state index contributed by atoms with van der Waals surface area (Å²) in [6.07, 6.45) is 0. The molecule has 0 amide bonds. The average molecular weight is 528 g/mol. The Bertz CT molecular complexity index is 863. The van der Waals surface area contributed by atoms with E-state index in [4.69, 9.17) is 0 Å². The van der Waals surface area contributed by atoms with Crippen LogP contribution < -0.4 is 10.6 Å². The van der Waals surface area contributed by atoms with Gasteiger partial charge in [-0.1, -0.05) is 30.3 Å². The van der Waals surface area contributed by atoms with Crippen LogP contribution in [-0.4, -0.2) is 29.1 Å². The summed E-state index contributed by atoms with van der Waals surface area (Å²) in [5.74, 6) is 0.671. The highest BCUT2D eigenvalue weighted by atomic mass is 127. The first-order valence-corrected chi connectivity index (χ1v) is 10.7. The van der Waals surface area contributed by atoms with E-state index in [0.717, 1.165) is 28.4 Å². The van der Waals surface area contributed by atoms with Crippen molar-refractivity contribution in [2.75, 3.05) is 13.1 Å². The molecule has 2 heterocycles. The van der Waals surface area contributed by atoms with Crippen molar-refractivity contribution in [2.45, 2.75) is 26.0 Å². The minimum Gasteiger partial charge on any atom is -0.384 e. The second-order valence-electron chi connectivity index (χ2n) is 6.33. The van der Waals surface area contributed by atoms with Crippen LogP contribution in [-0.2, 0) is 12.1 Å². The van der Waals surface area contributed by atoms with Crippen molar-refractivity contribution in [3.8, 4) is 11.3 Å². The molecular weight excluding hydrogens is 503 g/mol. The number of guanidine groups is 1. The van der Waals surface area contributed by atoms with Gasteiger partial charge in [-0.05, 0) is 36.2 Å². The quantitative estimate of drug-likeness (QED) is 0.241. The van der Waals surface area contributed by atoms with Crippen LogP contribution in [0.25, 0.3) is 11.3 Å². The summed E-state index contributed by atoms with van der Waals surface area (Å²) in [6, 6.07) is 12.1. The van der Waals surface area contributed by atoms with Crippen LogP contribution in [0, 0.1) is 0 Å². The van der Waals surface area contributed by atoms with E-state index in [1.807, 2.05) is 41.9 Å². The first-order valence-electron chi connectivity index (χ1n) is 8.85. The molecule has 0 saturated carbocycles. The third-order valence-electron chi connectivity index (χ3n) is 4.08. The van der Waals surface area contributed by atoms with Crippen LogP contribution in [0.4, 0.5) is 0 Å². The highest BCUT2D eigenvalue weighted by molar-refractivity contribution is 14.0. The monoisotopic (exact) mass is 528 g/mol. The lowest BCUT2D eigenvalue weighted by molar-refractivity contribution is 0.0621. The van der Waals surface area contributed by atoms with Crippen LogP contribution >= 0.6 is 46.7 Å². The highest BCUT2D eigenvalue weighted by Crippen LogP contribution is 2.23. The van der Waals surface area contributed by atoms with Crippen LogP contribution in [0.5, 0.6) is 0 Å². The molecule has 3 rings (SSSR count). The average Bonchev–Trinajstić information content (AvgIpc) is 3.37. The molecule has 0 aliphatic heterocycles. The van der Waals surface area contributed by atoms with E-state index in [2.05, 4.69) is 38.1 Å². The number of hydrogen-bond acceptors (Lipinski definition) is 5. The van der Waals surface area contributed by atoms with Gasteiger partial charge in [0.05, 0.1) is 18.8 Å². The van der Waals surface area contributed by atoms with E-state index in [1.165, 1.54) is 0 Å². The first-order chi connectivity index (χ1) is 13.1. The molecule has 0 saturated heterocycles. The van der Waals surface area contributed by atoms with E-state index >= 15 is 0 Å². The van der Waals surface area contributed by atoms with Gasteiger partial charge in [0.25, 0.3) is 0 Å². The van der Waals surface area contributed by atoms with Crippen LogP contribution in [0.15, 0.2) is 57.5 Å². The van der Waals surface area contributed by atoms with E-state index in [1.54, 1.807) is 29.6 Å². The van der Waals surface area contributed by atoms with Gasteiger partial charge in [-0.3, -0.25) is 0 Å². The molecule has 1 aromatic carbocycles. The highest BCUT2D eigenvalue weighted by Gasteiger charge is 2.23. The van der Waals surface area contributed by atoms with Gasteiger partial charge in [0, 0.05) is 17.5 Å². The van der Waals surface area contributed by atoms with Crippen molar-refractivity contribution in [3.63, 3.8) is 0 Å². The van der Waals surface area contributed by atoms with E-state index in [-0.39, 0.29) is 24.0 Å². The molecule has 0 radical (unpaired) electrons. The van der Waals surface area contributed by atoms with Gasteiger partial charge in [-0.15, -0.1) is 35.3 Å². The normalized spacial score (nSPS) is 13.5. The summed E-state index contributed by atoms with van der Waals surface area (Å²) in [7, 11) is 0. The van der Waals surface area contributed by atoms with E-state index in [9.17, 15) is 5.11 Å². The largest absolute Gasteiger partial charge is 0.384 e. The molecule has 0 aliphatic rings. The van der Waals surface area contributed by atoms with Crippen molar-refractivity contribution in [2.24, 2.45) is 4.99 Å². The molecule has 1 unspecified atom stereocenters. The molecule has 3 aromatic rings. The van der Waals surface area contributed by atoms with E-state index in [0.29, 0.717) is 19.0 Å². The molecule has 1 atom stereocenters. The molecule has 28 heavy (non-hydrogen) atoms. The van der Waals surface area contributed by atoms with Crippen molar-refractivity contribution in [3.05, 3.63) is 63.1 Å². The second kappa shape index (κ2) is 10.9. The summed E-state index contributed by atoms with van der Waals surface area (Å²) < 4.78 is 0. The Morgan fingerprint density at radius 3 is 2.64 bits per heavy atom. The number of aliphatic imine (C=N–C) groups is 1. The van der Waals surface area contributed by atoms with Crippen molar-refractivity contribution >= 4 is 52.6 Å². The fourth-order valence-electron chi connectivity index (χ4n) is 2.54. The number of nitrogens with one attached hydrogen (secondary N) is 2. The molecule has 3 N–H and O–H groups in total. The number of benzene rings is 1. The zero-order valence-corrected chi connectivity index (χ0v) is 19.8. The standard InChI is InChI=1S/C20H24N4OS2.HI/c1-3-21-19(23-14-20(2,25)16-9-10-26-12-16)22-11-18-24-17(13-27-18)15-7-5-4-6-8-15;/h4-10,12-13,25H,3,11,14H2,1-2H3,(H2,21,22,23);1H. The smallest absolute Gasteiger partial charge is 0.191 e.